The van der Waals surface area contributed by atoms with Crippen LogP contribution in [-0.2, 0) is 15.0 Å². The van der Waals surface area contributed by atoms with E-state index < -0.39 is 16.2 Å². The summed E-state index contributed by atoms with van der Waals surface area (Å²) < 4.78 is 5.20. The van der Waals surface area contributed by atoms with Crippen LogP contribution in [-0.4, -0.2) is 23.3 Å². The molecule has 0 bridgehead atoms. The van der Waals surface area contributed by atoms with E-state index in [-0.39, 0.29) is 18.2 Å². The van der Waals surface area contributed by atoms with Gasteiger partial charge in [0.2, 0.25) is 5.91 Å². The van der Waals surface area contributed by atoms with Gasteiger partial charge >= 0.3 is 0 Å². The van der Waals surface area contributed by atoms with Gasteiger partial charge in [-0.3, -0.25) is 19.7 Å². The summed E-state index contributed by atoms with van der Waals surface area (Å²) in [6.07, 6.45) is 3.22. The number of benzene rings is 2. The number of nitrogens with two attached hydrogens (primary N) is 1. The summed E-state index contributed by atoms with van der Waals surface area (Å²) in [5.41, 5.74) is 5.74. The first-order valence-electron chi connectivity index (χ1n) is 8.98. The van der Waals surface area contributed by atoms with Crippen LogP contribution in [0.25, 0.3) is 0 Å². The summed E-state index contributed by atoms with van der Waals surface area (Å²) in [5.74, 6) is -0.226. The average molecular weight is 383 g/mol. The monoisotopic (exact) mass is 383 g/mol. The number of carbonyl (C=O) groups excluding carboxylic acids is 2. The van der Waals surface area contributed by atoms with Crippen molar-refractivity contribution < 1.29 is 19.2 Å². The minimum Gasteiger partial charge on any atom is -0.484 e. The van der Waals surface area contributed by atoms with Crippen LogP contribution in [0.2, 0.25) is 0 Å². The fourth-order valence-electron chi connectivity index (χ4n) is 3.57. The van der Waals surface area contributed by atoms with Crippen molar-refractivity contribution in [1.29, 1.82) is 0 Å². The van der Waals surface area contributed by atoms with Gasteiger partial charge in [0.05, 0.1) is 10.3 Å². The number of non-ortho nitro benzene ring substituents is 1. The standard InChI is InChI=1S/C20H21N3O5/c21-18(24)13-28-17-9-5-15(6-10-17)22-19(25)20(11-1-2-12-20)14-3-7-16(8-4-14)23(26)27/h3-10H,1-2,11-13H2,(H2,21,24)(H,22,25). The fraction of sp³-hybridized carbons (Fsp3) is 0.300. The molecule has 1 aliphatic rings. The second-order valence-electron chi connectivity index (χ2n) is 6.83. The van der Waals surface area contributed by atoms with E-state index in [9.17, 15) is 19.7 Å². The Morgan fingerprint density at radius 1 is 1.07 bits per heavy atom. The first-order valence-corrected chi connectivity index (χ1v) is 8.98. The molecule has 0 aromatic heterocycles. The van der Waals surface area contributed by atoms with E-state index >= 15 is 0 Å². The van der Waals surface area contributed by atoms with E-state index in [1.165, 1.54) is 12.1 Å². The number of ether oxygens (including phenoxy) is 1. The van der Waals surface area contributed by atoms with Crippen LogP contribution in [0, 0.1) is 10.1 Å². The molecule has 2 aromatic carbocycles. The van der Waals surface area contributed by atoms with Gasteiger partial charge in [0.25, 0.3) is 11.6 Å². The molecule has 146 valence electrons. The normalized spacial score (nSPS) is 15.0. The SMILES string of the molecule is NC(=O)COc1ccc(NC(=O)C2(c3ccc([N+](=O)[O-])cc3)CCCC2)cc1. The zero-order chi connectivity index (χ0) is 20.1. The van der Waals surface area contributed by atoms with E-state index in [2.05, 4.69) is 5.32 Å². The summed E-state index contributed by atoms with van der Waals surface area (Å²) >= 11 is 0. The maximum absolute atomic E-state index is 13.1. The predicted molar refractivity (Wildman–Crippen MR) is 103 cm³/mol. The van der Waals surface area contributed by atoms with Gasteiger partial charge in [-0.1, -0.05) is 25.0 Å². The molecule has 0 aliphatic heterocycles. The Morgan fingerprint density at radius 2 is 1.68 bits per heavy atom. The van der Waals surface area contributed by atoms with Crippen molar-refractivity contribution >= 4 is 23.2 Å². The Kier molecular flexibility index (Phi) is 5.58. The first kappa shape index (κ1) is 19.3. The topological polar surface area (TPSA) is 125 Å². The highest BCUT2D eigenvalue weighted by Crippen LogP contribution is 2.42. The highest BCUT2D eigenvalue weighted by Gasteiger charge is 2.42. The van der Waals surface area contributed by atoms with Crippen LogP contribution < -0.4 is 15.8 Å². The summed E-state index contributed by atoms with van der Waals surface area (Å²) in [6, 6.07) is 12.9. The van der Waals surface area contributed by atoms with E-state index in [1.54, 1.807) is 36.4 Å². The number of nitrogens with one attached hydrogen (secondary N) is 1. The Bertz CT molecular complexity index is 872. The van der Waals surface area contributed by atoms with Crippen LogP contribution in [0.3, 0.4) is 0 Å². The molecule has 0 spiro atoms. The lowest BCUT2D eigenvalue weighted by Crippen LogP contribution is -2.38. The van der Waals surface area contributed by atoms with Gasteiger partial charge in [-0.15, -0.1) is 0 Å². The van der Waals surface area contributed by atoms with Gasteiger partial charge in [0.1, 0.15) is 5.75 Å². The van der Waals surface area contributed by atoms with Crippen molar-refractivity contribution in [2.45, 2.75) is 31.1 Å². The van der Waals surface area contributed by atoms with Crippen LogP contribution >= 0.6 is 0 Å². The number of anilines is 1. The zero-order valence-electron chi connectivity index (χ0n) is 15.2. The molecule has 28 heavy (non-hydrogen) atoms. The van der Waals surface area contributed by atoms with Gasteiger partial charge in [0, 0.05) is 17.8 Å². The van der Waals surface area contributed by atoms with Crippen molar-refractivity contribution in [2.24, 2.45) is 5.73 Å². The molecule has 3 N–H and O–H groups in total. The summed E-state index contributed by atoms with van der Waals surface area (Å²) in [6.45, 7) is -0.213. The molecule has 3 rings (SSSR count). The van der Waals surface area contributed by atoms with Gasteiger partial charge in [0.15, 0.2) is 6.61 Å². The van der Waals surface area contributed by atoms with Crippen molar-refractivity contribution in [2.75, 3.05) is 11.9 Å². The fourth-order valence-corrected chi connectivity index (χ4v) is 3.57. The molecule has 2 aromatic rings. The van der Waals surface area contributed by atoms with E-state index in [1.807, 2.05) is 0 Å². The summed E-state index contributed by atoms with van der Waals surface area (Å²) in [5, 5.41) is 13.8. The number of rotatable bonds is 7. The summed E-state index contributed by atoms with van der Waals surface area (Å²) in [4.78, 5) is 34.3. The Hall–Kier alpha value is -3.42. The number of nitro groups is 1. The zero-order valence-corrected chi connectivity index (χ0v) is 15.2. The number of hydrogen-bond acceptors (Lipinski definition) is 5. The Balaban J connectivity index is 1.76. The number of amides is 2. The lowest BCUT2D eigenvalue weighted by molar-refractivity contribution is -0.384. The second kappa shape index (κ2) is 8.08. The predicted octanol–water partition coefficient (Wildman–Crippen LogP) is 2.91. The average Bonchev–Trinajstić information content (AvgIpc) is 3.19. The molecule has 0 radical (unpaired) electrons. The molecule has 0 saturated heterocycles. The molecular formula is C20H21N3O5. The molecule has 0 atom stereocenters. The Morgan fingerprint density at radius 3 is 2.21 bits per heavy atom. The third-order valence-corrected chi connectivity index (χ3v) is 5.02. The Labute approximate surface area is 161 Å². The third-order valence-electron chi connectivity index (χ3n) is 5.02. The lowest BCUT2D eigenvalue weighted by Gasteiger charge is -2.28. The van der Waals surface area contributed by atoms with Crippen molar-refractivity contribution in [3.05, 3.63) is 64.2 Å². The number of nitrogens with zero attached hydrogens (tertiary/aromatic N) is 1. The van der Waals surface area contributed by atoms with Crippen molar-refractivity contribution in [1.82, 2.24) is 0 Å². The molecule has 1 saturated carbocycles. The quantitative estimate of drug-likeness (QED) is 0.562. The molecule has 1 aliphatic carbocycles. The first-order chi connectivity index (χ1) is 13.4. The van der Waals surface area contributed by atoms with E-state index in [0.29, 0.717) is 24.3 Å². The number of hydrogen-bond donors (Lipinski definition) is 2. The number of carbonyl (C=O) groups is 2. The van der Waals surface area contributed by atoms with Gasteiger partial charge in [-0.05, 0) is 42.7 Å². The van der Waals surface area contributed by atoms with Gasteiger partial charge in [-0.25, -0.2) is 0 Å². The molecule has 0 heterocycles. The van der Waals surface area contributed by atoms with Crippen LogP contribution in [0.5, 0.6) is 5.75 Å². The molecule has 8 heteroatoms. The molecule has 2 amide bonds. The third kappa shape index (κ3) is 4.11. The lowest BCUT2D eigenvalue weighted by atomic mass is 9.78. The van der Waals surface area contributed by atoms with E-state index in [0.717, 1.165) is 18.4 Å². The minimum absolute atomic E-state index is 0.00357. The van der Waals surface area contributed by atoms with Crippen molar-refractivity contribution in [3.63, 3.8) is 0 Å². The van der Waals surface area contributed by atoms with Gasteiger partial charge < -0.3 is 15.8 Å². The van der Waals surface area contributed by atoms with Crippen LogP contribution in [0.4, 0.5) is 11.4 Å². The van der Waals surface area contributed by atoms with Gasteiger partial charge in [-0.2, -0.15) is 0 Å². The minimum atomic E-state index is -0.698. The molecule has 8 nitrogen and oxygen atoms in total. The van der Waals surface area contributed by atoms with E-state index in [4.69, 9.17) is 10.5 Å². The maximum atomic E-state index is 13.1. The largest absolute Gasteiger partial charge is 0.484 e. The highest BCUT2D eigenvalue weighted by molar-refractivity contribution is 5.99. The van der Waals surface area contributed by atoms with Crippen LogP contribution in [0.1, 0.15) is 31.2 Å². The second-order valence-corrected chi connectivity index (χ2v) is 6.83. The van der Waals surface area contributed by atoms with Crippen molar-refractivity contribution in [3.8, 4) is 5.75 Å². The van der Waals surface area contributed by atoms with Crippen LogP contribution in [0.15, 0.2) is 48.5 Å². The molecule has 1 fully saturated rings. The molecule has 0 unspecified atom stereocenters. The smallest absolute Gasteiger partial charge is 0.269 e. The number of nitro benzene ring substituents is 1. The maximum Gasteiger partial charge on any atom is 0.269 e. The molecular weight excluding hydrogens is 362 g/mol. The summed E-state index contributed by atoms with van der Waals surface area (Å²) in [7, 11) is 0. The number of primary amides is 1. The highest BCUT2D eigenvalue weighted by atomic mass is 16.6.